The topological polar surface area (TPSA) is 64.8 Å². The van der Waals surface area contributed by atoms with Crippen LogP contribution in [0.2, 0.25) is 0 Å². The van der Waals surface area contributed by atoms with E-state index in [1.165, 1.54) is 0 Å². The summed E-state index contributed by atoms with van der Waals surface area (Å²) in [6, 6.07) is 5.76. The van der Waals surface area contributed by atoms with Gasteiger partial charge in [-0.2, -0.15) is 0 Å². The fourth-order valence-corrected chi connectivity index (χ4v) is 2.57. The van der Waals surface area contributed by atoms with Gasteiger partial charge >= 0.3 is 0 Å². The Labute approximate surface area is 124 Å². The molecule has 0 bridgehead atoms. The first-order valence-electron chi connectivity index (χ1n) is 6.64. The van der Waals surface area contributed by atoms with E-state index in [4.69, 9.17) is 15.2 Å². The minimum atomic E-state index is 0. The molecule has 110 valence electrons. The Hall–Kier alpha value is -1.46. The van der Waals surface area contributed by atoms with Gasteiger partial charge in [0.05, 0.1) is 6.42 Å². The van der Waals surface area contributed by atoms with Crippen molar-refractivity contribution in [1.29, 1.82) is 0 Å². The summed E-state index contributed by atoms with van der Waals surface area (Å²) in [5.41, 5.74) is 6.85. The number of likely N-dealkylation sites (tertiary alicyclic amines) is 1. The van der Waals surface area contributed by atoms with Crippen LogP contribution in [0.15, 0.2) is 18.2 Å². The molecular weight excluding hydrogens is 280 g/mol. The fourth-order valence-electron chi connectivity index (χ4n) is 2.57. The number of hydrogen-bond donors (Lipinski definition) is 1. The molecule has 0 aromatic heterocycles. The molecule has 2 N–H and O–H groups in total. The number of nitrogens with two attached hydrogens (primary N) is 1. The van der Waals surface area contributed by atoms with Crippen LogP contribution in [0.4, 0.5) is 0 Å². The minimum absolute atomic E-state index is 0. The molecule has 1 atom stereocenters. The summed E-state index contributed by atoms with van der Waals surface area (Å²) in [7, 11) is 0. The Morgan fingerprint density at radius 1 is 1.35 bits per heavy atom. The van der Waals surface area contributed by atoms with Gasteiger partial charge in [0.25, 0.3) is 0 Å². The van der Waals surface area contributed by atoms with E-state index in [9.17, 15) is 4.79 Å². The third kappa shape index (κ3) is 3.16. The van der Waals surface area contributed by atoms with Gasteiger partial charge in [-0.1, -0.05) is 6.07 Å². The van der Waals surface area contributed by atoms with Crippen LogP contribution in [-0.4, -0.2) is 36.7 Å². The van der Waals surface area contributed by atoms with Crippen LogP contribution in [0.25, 0.3) is 0 Å². The summed E-state index contributed by atoms with van der Waals surface area (Å²) in [5.74, 6) is 1.60. The van der Waals surface area contributed by atoms with Crippen molar-refractivity contribution in [3.63, 3.8) is 0 Å². The molecule has 2 heterocycles. The first kappa shape index (κ1) is 14.9. The third-order valence-corrected chi connectivity index (χ3v) is 3.60. The van der Waals surface area contributed by atoms with Crippen molar-refractivity contribution in [3.05, 3.63) is 23.8 Å². The first-order chi connectivity index (χ1) is 9.22. The highest BCUT2D eigenvalue weighted by Crippen LogP contribution is 2.32. The molecule has 2 aliphatic heterocycles. The SMILES string of the molecule is Cl.NC1CCCN(C(=O)Cc2ccc3c(c2)OCO3)C1. The molecule has 6 heteroatoms. The van der Waals surface area contributed by atoms with E-state index in [0.717, 1.165) is 36.4 Å². The second-order valence-electron chi connectivity index (χ2n) is 5.11. The van der Waals surface area contributed by atoms with Crippen molar-refractivity contribution in [2.45, 2.75) is 25.3 Å². The van der Waals surface area contributed by atoms with Crippen LogP contribution >= 0.6 is 12.4 Å². The zero-order valence-electron chi connectivity index (χ0n) is 11.2. The summed E-state index contributed by atoms with van der Waals surface area (Å²) >= 11 is 0. The number of carbonyl (C=O) groups excluding carboxylic acids is 1. The number of amides is 1. The molecule has 0 spiro atoms. The van der Waals surface area contributed by atoms with Crippen molar-refractivity contribution in [1.82, 2.24) is 4.90 Å². The lowest BCUT2D eigenvalue weighted by Gasteiger charge is -2.30. The molecule has 5 nitrogen and oxygen atoms in total. The van der Waals surface area contributed by atoms with Crippen molar-refractivity contribution in [2.75, 3.05) is 19.9 Å². The van der Waals surface area contributed by atoms with Gasteiger partial charge in [0, 0.05) is 19.1 Å². The lowest BCUT2D eigenvalue weighted by atomic mass is 10.0. The molecule has 3 rings (SSSR count). The number of fused-ring (bicyclic) bond motifs is 1. The van der Waals surface area contributed by atoms with Crippen molar-refractivity contribution < 1.29 is 14.3 Å². The maximum Gasteiger partial charge on any atom is 0.231 e. The number of nitrogens with zero attached hydrogens (tertiary/aromatic N) is 1. The number of halogens is 1. The van der Waals surface area contributed by atoms with Crippen molar-refractivity contribution in [2.24, 2.45) is 5.73 Å². The monoisotopic (exact) mass is 298 g/mol. The van der Waals surface area contributed by atoms with E-state index in [1.54, 1.807) is 0 Å². The minimum Gasteiger partial charge on any atom is -0.454 e. The first-order valence-corrected chi connectivity index (χ1v) is 6.64. The van der Waals surface area contributed by atoms with Crippen molar-refractivity contribution >= 4 is 18.3 Å². The molecule has 20 heavy (non-hydrogen) atoms. The molecular formula is C14H19ClN2O3. The Morgan fingerprint density at radius 2 is 2.15 bits per heavy atom. The second-order valence-corrected chi connectivity index (χ2v) is 5.11. The van der Waals surface area contributed by atoms with Crippen LogP contribution in [0.5, 0.6) is 11.5 Å². The van der Waals surface area contributed by atoms with E-state index < -0.39 is 0 Å². The number of benzene rings is 1. The van der Waals surface area contributed by atoms with Crippen LogP contribution in [0.3, 0.4) is 0 Å². The third-order valence-electron chi connectivity index (χ3n) is 3.60. The van der Waals surface area contributed by atoms with E-state index >= 15 is 0 Å². The Bertz CT molecular complexity index is 495. The highest BCUT2D eigenvalue weighted by molar-refractivity contribution is 5.85. The highest BCUT2D eigenvalue weighted by atomic mass is 35.5. The number of piperidine rings is 1. The van der Waals surface area contributed by atoms with Crippen molar-refractivity contribution in [3.8, 4) is 11.5 Å². The van der Waals surface area contributed by atoms with E-state index in [2.05, 4.69) is 0 Å². The highest BCUT2D eigenvalue weighted by Gasteiger charge is 2.22. The van der Waals surface area contributed by atoms with Crippen LogP contribution < -0.4 is 15.2 Å². The van der Waals surface area contributed by atoms with Crippen LogP contribution in [0.1, 0.15) is 18.4 Å². The van der Waals surface area contributed by atoms with Gasteiger partial charge in [0.1, 0.15) is 0 Å². The average molecular weight is 299 g/mol. The maximum absolute atomic E-state index is 12.2. The van der Waals surface area contributed by atoms with Gasteiger partial charge in [-0.05, 0) is 30.5 Å². The molecule has 1 saturated heterocycles. The fraction of sp³-hybridized carbons (Fsp3) is 0.500. The standard InChI is InChI=1S/C14H18N2O3.ClH/c15-11-2-1-5-16(8-11)14(17)7-10-3-4-12-13(6-10)19-9-18-12;/h3-4,6,11H,1-2,5,7-9,15H2;1H. The maximum atomic E-state index is 12.2. The second kappa shape index (κ2) is 6.33. The summed E-state index contributed by atoms with van der Waals surface area (Å²) in [4.78, 5) is 14.1. The lowest BCUT2D eigenvalue weighted by molar-refractivity contribution is -0.131. The van der Waals surface area contributed by atoms with Gasteiger partial charge in [-0.25, -0.2) is 0 Å². The molecule has 1 unspecified atom stereocenters. The zero-order chi connectivity index (χ0) is 13.2. The normalized spacial score (nSPS) is 20.4. The average Bonchev–Trinajstić information content (AvgIpc) is 2.86. The molecule has 1 amide bonds. The quantitative estimate of drug-likeness (QED) is 0.894. The smallest absolute Gasteiger partial charge is 0.231 e. The Balaban J connectivity index is 0.00000147. The van der Waals surface area contributed by atoms with Gasteiger partial charge in [-0.3, -0.25) is 4.79 Å². The predicted octanol–water partition coefficient (Wildman–Crippen LogP) is 1.33. The molecule has 2 aliphatic rings. The van der Waals surface area contributed by atoms with Crippen LogP contribution in [0, 0.1) is 0 Å². The van der Waals surface area contributed by atoms with Gasteiger partial charge in [0.15, 0.2) is 11.5 Å². The molecule has 0 saturated carbocycles. The zero-order valence-corrected chi connectivity index (χ0v) is 12.0. The van der Waals surface area contributed by atoms with Crippen LogP contribution in [-0.2, 0) is 11.2 Å². The lowest BCUT2D eigenvalue weighted by Crippen LogP contribution is -2.46. The largest absolute Gasteiger partial charge is 0.454 e. The van der Waals surface area contributed by atoms with Gasteiger partial charge < -0.3 is 20.1 Å². The summed E-state index contributed by atoms with van der Waals surface area (Å²) in [5, 5.41) is 0. The number of ether oxygens (including phenoxy) is 2. The summed E-state index contributed by atoms with van der Waals surface area (Å²) in [6.07, 6.45) is 2.39. The van der Waals surface area contributed by atoms with E-state index in [-0.39, 0.29) is 31.1 Å². The molecule has 1 aromatic carbocycles. The molecule has 1 aromatic rings. The van der Waals surface area contributed by atoms with Gasteiger partial charge in [0.2, 0.25) is 12.7 Å². The number of hydrogen-bond acceptors (Lipinski definition) is 4. The molecule has 0 radical (unpaired) electrons. The van der Waals surface area contributed by atoms with Gasteiger partial charge in [-0.15, -0.1) is 12.4 Å². The predicted molar refractivity (Wildman–Crippen MR) is 77.3 cm³/mol. The number of carbonyl (C=O) groups is 1. The number of rotatable bonds is 2. The molecule has 0 aliphatic carbocycles. The Morgan fingerprint density at radius 3 is 2.95 bits per heavy atom. The van der Waals surface area contributed by atoms with E-state index in [0.29, 0.717) is 13.0 Å². The summed E-state index contributed by atoms with van der Waals surface area (Å²) in [6.45, 7) is 1.74. The summed E-state index contributed by atoms with van der Waals surface area (Å²) < 4.78 is 10.6. The van der Waals surface area contributed by atoms with E-state index in [1.807, 2.05) is 23.1 Å². The molecule has 1 fully saturated rings. The Kier molecular flexibility index (Phi) is 4.73.